The van der Waals surface area contributed by atoms with Crippen LogP contribution in [0.3, 0.4) is 0 Å². The Labute approximate surface area is 111 Å². The lowest BCUT2D eigenvalue weighted by Gasteiger charge is -2.15. The molecule has 1 amide bonds. The number of carbonyl (C=O) groups is 2. The summed E-state index contributed by atoms with van der Waals surface area (Å²) in [7, 11) is 0. The molecule has 0 spiro atoms. The monoisotopic (exact) mass is 263 g/mol. The van der Waals surface area contributed by atoms with Crippen LogP contribution >= 0.6 is 0 Å². The van der Waals surface area contributed by atoms with Gasteiger partial charge in [0.2, 0.25) is 5.91 Å². The molecule has 2 atom stereocenters. The van der Waals surface area contributed by atoms with E-state index < -0.39 is 5.97 Å². The van der Waals surface area contributed by atoms with Crippen LogP contribution in [0.25, 0.3) is 0 Å². The minimum absolute atomic E-state index is 0.0945. The van der Waals surface area contributed by atoms with Gasteiger partial charge >= 0.3 is 5.97 Å². The molecule has 0 aromatic heterocycles. The molecule has 1 aromatic rings. The standard InChI is InChI=1S/C14H17NO4/c1-8-3-4-10(14(17)18)7-12(8)15-13(16)11-5-6-19-9(11)2/h3-4,7,9,11H,5-6H2,1-2H3,(H,15,16)(H,17,18). The maximum atomic E-state index is 12.1. The molecule has 1 aliphatic rings. The normalized spacial score (nSPS) is 22.2. The molecule has 5 heteroatoms. The Morgan fingerprint density at radius 3 is 2.74 bits per heavy atom. The van der Waals surface area contributed by atoms with Crippen molar-refractivity contribution < 1.29 is 19.4 Å². The van der Waals surface area contributed by atoms with Crippen LogP contribution in [0.2, 0.25) is 0 Å². The number of amides is 1. The van der Waals surface area contributed by atoms with E-state index in [0.29, 0.717) is 18.7 Å². The first-order valence-corrected chi connectivity index (χ1v) is 6.25. The van der Waals surface area contributed by atoms with Gasteiger partial charge in [0.25, 0.3) is 0 Å². The maximum Gasteiger partial charge on any atom is 0.335 e. The van der Waals surface area contributed by atoms with Crippen molar-refractivity contribution in [3.05, 3.63) is 29.3 Å². The maximum absolute atomic E-state index is 12.1. The lowest BCUT2D eigenvalue weighted by molar-refractivity contribution is -0.121. The summed E-state index contributed by atoms with van der Waals surface area (Å²) in [5.41, 5.74) is 1.55. The molecular formula is C14H17NO4. The van der Waals surface area contributed by atoms with Gasteiger partial charge in [0.15, 0.2) is 0 Å². The summed E-state index contributed by atoms with van der Waals surface area (Å²) < 4.78 is 5.36. The molecule has 19 heavy (non-hydrogen) atoms. The lowest BCUT2D eigenvalue weighted by Crippen LogP contribution is -2.28. The first kappa shape index (κ1) is 13.5. The summed E-state index contributed by atoms with van der Waals surface area (Å²) in [4.78, 5) is 23.0. The number of carbonyl (C=O) groups excluding carboxylic acids is 1. The van der Waals surface area contributed by atoms with Gasteiger partial charge in [0, 0.05) is 12.3 Å². The van der Waals surface area contributed by atoms with Crippen molar-refractivity contribution in [1.29, 1.82) is 0 Å². The van der Waals surface area contributed by atoms with Crippen molar-refractivity contribution in [2.75, 3.05) is 11.9 Å². The van der Waals surface area contributed by atoms with E-state index in [-0.39, 0.29) is 23.5 Å². The Kier molecular flexibility index (Phi) is 3.85. The molecule has 2 N–H and O–H groups in total. The van der Waals surface area contributed by atoms with Crippen molar-refractivity contribution >= 4 is 17.6 Å². The van der Waals surface area contributed by atoms with E-state index in [2.05, 4.69) is 5.32 Å². The highest BCUT2D eigenvalue weighted by molar-refractivity contribution is 5.96. The van der Waals surface area contributed by atoms with Gasteiger partial charge in [0.1, 0.15) is 0 Å². The third-order valence-electron chi connectivity index (χ3n) is 3.46. The molecule has 1 heterocycles. The Balaban J connectivity index is 2.16. The summed E-state index contributed by atoms with van der Waals surface area (Å²) in [6, 6.07) is 4.69. The molecule has 102 valence electrons. The van der Waals surface area contributed by atoms with Crippen LogP contribution in [0.4, 0.5) is 5.69 Å². The number of rotatable bonds is 3. The second-order valence-electron chi connectivity index (χ2n) is 4.80. The Morgan fingerprint density at radius 1 is 1.42 bits per heavy atom. The summed E-state index contributed by atoms with van der Waals surface area (Å²) in [6.07, 6.45) is 0.605. The van der Waals surface area contributed by atoms with Gasteiger partial charge < -0.3 is 15.2 Å². The average molecular weight is 263 g/mol. The number of carboxylic acid groups (broad SMARTS) is 1. The number of carboxylic acids is 1. The van der Waals surface area contributed by atoms with Gasteiger partial charge in [-0.05, 0) is 38.0 Å². The minimum atomic E-state index is -1.01. The number of hydrogen-bond donors (Lipinski definition) is 2. The molecular weight excluding hydrogens is 246 g/mol. The predicted octanol–water partition coefficient (Wildman–Crippen LogP) is 2.06. The molecule has 1 aliphatic heterocycles. The largest absolute Gasteiger partial charge is 0.478 e. The molecule has 0 radical (unpaired) electrons. The van der Waals surface area contributed by atoms with Crippen molar-refractivity contribution in [2.24, 2.45) is 5.92 Å². The highest BCUT2D eigenvalue weighted by Gasteiger charge is 2.30. The third-order valence-corrected chi connectivity index (χ3v) is 3.46. The molecule has 0 saturated carbocycles. The first-order valence-electron chi connectivity index (χ1n) is 6.25. The van der Waals surface area contributed by atoms with Gasteiger partial charge in [-0.2, -0.15) is 0 Å². The SMILES string of the molecule is Cc1ccc(C(=O)O)cc1NC(=O)C1CCOC1C. The van der Waals surface area contributed by atoms with Crippen molar-refractivity contribution in [3.63, 3.8) is 0 Å². The summed E-state index contributed by atoms with van der Waals surface area (Å²) in [5, 5.41) is 11.8. The molecule has 5 nitrogen and oxygen atoms in total. The van der Waals surface area contributed by atoms with E-state index in [1.165, 1.54) is 12.1 Å². The van der Waals surface area contributed by atoms with Gasteiger partial charge in [-0.15, -0.1) is 0 Å². The number of benzene rings is 1. The van der Waals surface area contributed by atoms with E-state index in [9.17, 15) is 9.59 Å². The number of aromatic carboxylic acids is 1. The molecule has 0 aliphatic carbocycles. The fourth-order valence-corrected chi connectivity index (χ4v) is 2.19. The predicted molar refractivity (Wildman–Crippen MR) is 70.3 cm³/mol. The zero-order valence-corrected chi connectivity index (χ0v) is 11.0. The quantitative estimate of drug-likeness (QED) is 0.875. The molecule has 1 fully saturated rings. The number of ether oxygens (including phenoxy) is 1. The van der Waals surface area contributed by atoms with E-state index in [1.807, 2.05) is 13.8 Å². The molecule has 2 rings (SSSR count). The average Bonchev–Trinajstić information content (AvgIpc) is 2.78. The van der Waals surface area contributed by atoms with Crippen LogP contribution < -0.4 is 5.32 Å². The summed E-state index contributed by atoms with van der Waals surface area (Å²) >= 11 is 0. The van der Waals surface area contributed by atoms with Crippen LogP contribution in [-0.2, 0) is 9.53 Å². The smallest absolute Gasteiger partial charge is 0.335 e. The first-order chi connectivity index (χ1) is 8.99. The zero-order chi connectivity index (χ0) is 14.0. The number of nitrogens with one attached hydrogen (secondary N) is 1. The van der Waals surface area contributed by atoms with Gasteiger partial charge in [0.05, 0.1) is 17.6 Å². The van der Waals surface area contributed by atoms with Crippen molar-refractivity contribution in [1.82, 2.24) is 0 Å². The van der Waals surface area contributed by atoms with Crippen LogP contribution in [0, 0.1) is 12.8 Å². The van der Waals surface area contributed by atoms with Gasteiger partial charge in [-0.1, -0.05) is 6.07 Å². The third kappa shape index (κ3) is 2.93. The van der Waals surface area contributed by atoms with Crippen LogP contribution in [-0.4, -0.2) is 29.7 Å². The molecule has 1 saturated heterocycles. The fourth-order valence-electron chi connectivity index (χ4n) is 2.19. The van der Waals surface area contributed by atoms with Crippen LogP contribution in [0.1, 0.15) is 29.3 Å². The Morgan fingerprint density at radius 2 is 2.16 bits per heavy atom. The Bertz CT molecular complexity index is 512. The van der Waals surface area contributed by atoms with Crippen LogP contribution in [0.15, 0.2) is 18.2 Å². The summed E-state index contributed by atoms with van der Waals surface area (Å²) in [6.45, 7) is 4.29. The second-order valence-corrected chi connectivity index (χ2v) is 4.80. The summed E-state index contributed by atoms with van der Waals surface area (Å²) in [5.74, 6) is -1.29. The number of aryl methyl sites for hydroxylation is 1. The second kappa shape index (κ2) is 5.40. The minimum Gasteiger partial charge on any atom is -0.478 e. The number of hydrogen-bond acceptors (Lipinski definition) is 3. The number of anilines is 1. The van der Waals surface area contributed by atoms with E-state index >= 15 is 0 Å². The van der Waals surface area contributed by atoms with E-state index in [0.717, 1.165) is 5.56 Å². The van der Waals surface area contributed by atoms with Crippen molar-refractivity contribution in [2.45, 2.75) is 26.4 Å². The molecule has 2 unspecified atom stereocenters. The topological polar surface area (TPSA) is 75.6 Å². The lowest BCUT2D eigenvalue weighted by atomic mass is 10.0. The van der Waals surface area contributed by atoms with Gasteiger partial charge in [-0.25, -0.2) is 4.79 Å². The van der Waals surface area contributed by atoms with Crippen molar-refractivity contribution in [3.8, 4) is 0 Å². The van der Waals surface area contributed by atoms with E-state index in [1.54, 1.807) is 6.07 Å². The Hall–Kier alpha value is -1.88. The van der Waals surface area contributed by atoms with Gasteiger partial charge in [-0.3, -0.25) is 4.79 Å². The zero-order valence-electron chi connectivity index (χ0n) is 11.0. The molecule has 1 aromatic carbocycles. The molecule has 0 bridgehead atoms. The highest BCUT2D eigenvalue weighted by Crippen LogP contribution is 2.24. The van der Waals surface area contributed by atoms with Crippen LogP contribution in [0.5, 0.6) is 0 Å². The fraction of sp³-hybridized carbons (Fsp3) is 0.429. The highest BCUT2D eigenvalue weighted by atomic mass is 16.5. The van der Waals surface area contributed by atoms with E-state index in [4.69, 9.17) is 9.84 Å².